The van der Waals surface area contributed by atoms with Gasteiger partial charge >= 0.3 is 0 Å². The van der Waals surface area contributed by atoms with Crippen molar-refractivity contribution in [2.24, 2.45) is 5.92 Å². The molecule has 0 aliphatic heterocycles. The molecule has 14 heavy (non-hydrogen) atoms. The maximum Gasteiger partial charge on any atom is 0.00208 e. The Morgan fingerprint density at radius 2 is 1.57 bits per heavy atom. The number of hydrogen-bond donors (Lipinski definition) is 0. The van der Waals surface area contributed by atoms with Gasteiger partial charge in [0.1, 0.15) is 0 Å². The summed E-state index contributed by atoms with van der Waals surface area (Å²) in [7, 11) is 6.17. The molecule has 0 saturated heterocycles. The molecule has 0 aliphatic rings. The minimum Gasteiger partial charge on any atom is -0.127 e. The normalized spacial score (nSPS) is 14.4. The van der Waals surface area contributed by atoms with Crippen molar-refractivity contribution in [3.63, 3.8) is 0 Å². The van der Waals surface area contributed by atoms with Crippen LogP contribution in [0.2, 0.25) is 0 Å². The van der Waals surface area contributed by atoms with Crippen molar-refractivity contribution in [1.82, 2.24) is 0 Å². The summed E-state index contributed by atoms with van der Waals surface area (Å²) in [4.78, 5) is 0.403. The van der Waals surface area contributed by atoms with Crippen LogP contribution in [-0.2, 0) is 0 Å². The van der Waals surface area contributed by atoms with Crippen molar-refractivity contribution in [2.75, 3.05) is 0 Å². The van der Waals surface area contributed by atoms with Crippen LogP contribution in [0.15, 0.2) is 0 Å². The molecule has 0 bridgehead atoms. The Bertz CT molecular complexity index is 132. The zero-order valence-electron chi connectivity index (χ0n) is 10.2. The predicted octanol–water partition coefficient (Wildman–Crippen LogP) is 4.84. The topological polar surface area (TPSA) is 0 Å². The second-order valence-electron chi connectivity index (χ2n) is 4.49. The van der Waals surface area contributed by atoms with Crippen LogP contribution >= 0.6 is 18.5 Å². The number of rotatable bonds is 8. The van der Waals surface area contributed by atoms with E-state index in [-0.39, 0.29) is 0 Å². The molecule has 0 N–H and O–H groups in total. The summed E-state index contributed by atoms with van der Waals surface area (Å²) < 4.78 is 0. The Morgan fingerprint density at radius 1 is 0.929 bits per heavy atom. The molecule has 0 aromatic carbocycles. The average molecular weight is 234 g/mol. The lowest BCUT2D eigenvalue weighted by atomic mass is 9.90. The smallest absolute Gasteiger partial charge is 0.00208 e. The summed E-state index contributed by atoms with van der Waals surface area (Å²) in [5, 5.41) is 0. The lowest BCUT2D eigenvalue weighted by molar-refractivity contribution is 0.378. The second-order valence-corrected chi connectivity index (χ2v) is 7.31. The van der Waals surface area contributed by atoms with Crippen LogP contribution in [0.1, 0.15) is 65.7 Å². The minimum atomic E-state index is 0.403. The van der Waals surface area contributed by atoms with Gasteiger partial charge in [0.05, 0.1) is 0 Å². The Morgan fingerprint density at radius 3 is 2.00 bits per heavy atom. The highest BCUT2D eigenvalue weighted by atomic mass is 31.1. The minimum absolute atomic E-state index is 0.403. The Kier molecular flexibility index (Phi) is 8.56. The summed E-state index contributed by atoms with van der Waals surface area (Å²) in [5.74, 6) is 0.877. The van der Waals surface area contributed by atoms with Gasteiger partial charge in [0.2, 0.25) is 0 Å². The van der Waals surface area contributed by atoms with E-state index in [1.165, 1.54) is 44.9 Å². The summed E-state index contributed by atoms with van der Waals surface area (Å²) in [6, 6.07) is 0. The van der Waals surface area contributed by atoms with Gasteiger partial charge in [0, 0.05) is 4.90 Å². The van der Waals surface area contributed by atoms with Gasteiger partial charge in [-0.1, -0.05) is 46.5 Å². The van der Waals surface area contributed by atoms with Crippen molar-refractivity contribution < 1.29 is 0 Å². The third-order valence-corrected chi connectivity index (χ3v) is 4.51. The van der Waals surface area contributed by atoms with Gasteiger partial charge in [-0.05, 0) is 25.2 Å². The van der Waals surface area contributed by atoms with Gasteiger partial charge < -0.3 is 0 Å². The molecular formula is C12H28P2. The highest BCUT2D eigenvalue weighted by molar-refractivity contribution is 7.39. The van der Waals surface area contributed by atoms with Crippen molar-refractivity contribution >= 4 is 18.5 Å². The zero-order chi connectivity index (χ0) is 11.0. The van der Waals surface area contributed by atoms with Gasteiger partial charge in [-0.15, -0.1) is 18.5 Å². The third-order valence-electron chi connectivity index (χ3n) is 2.99. The zero-order valence-corrected chi connectivity index (χ0v) is 12.5. The summed E-state index contributed by atoms with van der Waals surface area (Å²) in [5.41, 5.74) is 0. The Balaban J connectivity index is 4.14. The molecule has 0 spiro atoms. The molecule has 0 aliphatic carbocycles. The van der Waals surface area contributed by atoms with E-state index in [0.29, 0.717) is 4.90 Å². The van der Waals surface area contributed by atoms with E-state index < -0.39 is 0 Å². The van der Waals surface area contributed by atoms with Gasteiger partial charge in [0.15, 0.2) is 0 Å². The molecular weight excluding hydrogens is 206 g/mol. The molecule has 0 radical (unpaired) electrons. The average Bonchev–Trinajstić information content (AvgIpc) is 2.11. The molecule has 2 heteroatoms. The Labute approximate surface area is 95.4 Å². The lowest BCUT2D eigenvalue weighted by Gasteiger charge is -2.34. The van der Waals surface area contributed by atoms with E-state index >= 15 is 0 Å². The van der Waals surface area contributed by atoms with Crippen molar-refractivity contribution in [3.05, 3.63) is 0 Å². The van der Waals surface area contributed by atoms with Crippen molar-refractivity contribution in [2.45, 2.75) is 70.6 Å². The predicted molar refractivity (Wildman–Crippen MR) is 75.0 cm³/mol. The summed E-state index contributed by atoms with van der Waals surface area (Å²) in [6.07, 6.45) is 9.43. The van der Waals surface area contributed by atoms with E-state index in [2.05, 4.69) is 39.3 Å². The molecule has 0 saturated carbocycles. The monoisotopic (exact) mass is 234 g/mol. The maximum absolute atomic E-state index is 3.08. The molecule has 0 amide bonds. The highest BCUT2D eigenvalue weighted by Crippen LogP contribution is 2.44. The van der Waals surface area contributed by atoms with Crippen LogP contribution in [0.3, 0.4) is 0 Å². The maximum atomic E-state index is 3.08. The molecule has 0 heterocycles. The SMILES string of the molecule is CCCCC(CCC)C(P)(P)CCC. The first-order valence-corrected chi connectivity index (χ1v) is 7.31. The lowest BCUT2D eigenvalue weighted by Crippen LogP contribution is -2.24. The van der Waals surface area contributed by atoms with Gasteiger partial charge in [-0.2, -0.15) is 0 Å². The van der Waals surface area contributed by atoms with E-state index in [4.69, 9.17) is 0 Å². The first-order chi connectivity index (χ1) is 6.58. The first-order valence-electron chi connectivity index (χ1n) is 6.16. The van der Waals surface area contributed by atoms with Gasteiger partial charge in [0.25, 0.3) is 0 Å². The van der Waals surface area contributed by atoms with E-state index in [1.807, 2.05) is 0 Å². The molecule has 3 unspecified atom stereocenters. The fourth-order valence-corrected chi connectivity index (χ4v) is 3.36. The van der Waals surface area contributed by atoms with Gasteiger partial charge in [-0.3, -0.25) is 0 Å². The number of unbranched alkanes of at least 4 members (excludes halogenated alkanes) is 1. The molecule has 0 rings (SSSR count). The van der Waals surface area contributed by atoms with Crippen LogP contribution in [0.25, 0.3) is 0 Å². The van der Waals surface area contributed by atoms with Crippen LogP contribution in [0, 0.1) is 5.92 Å². The summed E-state index contributed by atoms with van der Waals surface area (Å²) in [6.45, 7) is 6.87. The van der Waals surface area contributed by atoms with Crippen molar-refractivity contribution in [1.29, 1.82) is 0 Å². The van der Waals surface area contributed by atoms with E-state index in [9.17, 15) is 0 Å². The highest BCUT2D eigenvalue weighted by Gasteiger charge is 2.27. The van der Waals surface area contributed by atoms with Crippen LogP contribution in [-0.4, -0.2) is 4.90 Å². The first kappa shape index (κ1) is 14.9. The largest absolute Gasteiger partial charge is 0.127 e. The van der Waals surface area contributed by atoms with Gasteiger partial charge in [-0.25, -0.2) is 0 Å². The Hall–Kier alpha value is 0.860. The van der Waals surface area contributed by atoms with Crippen LogP contribution in [0.4, 0.5) is 0 Å². The quantitative estimate of drug-likeness (QED) is 0.527. The van der Waals surface area contributed by atoms with E-state index in [1.54, 1.807) is 0 Å². The summed E-state index contributed by atoms with van der Waals surface area (Å²) >= 11 is 0. The fourth-order valence-electron chi connectivity index (χ4n) is 2.12. The van der Waals surface area contributed by atoms with Crippen LogP contribution in [0.5, 0.6) is 0 Å². The third kappa shape index (κ3) is 5.67. The van der Waals surface area contributed by atoms with Crippen molar-refractivity contribution in [3.8, 4) is 0 Å². The molecule has 0 aromatic heterocycles. The number of hydrogen-bond acceptors (Lipinski definition) is 0. The fraction of sp³-hybridized carbons (Fsp3) is 1.00. The molecule has 0 aromatic rings. The standard InChI is InChI=1S/C12H28P2/c1-4-7-9-11(8-5-2)12(13,14)10-6-3/h11H,4-10,13-14H2,1-3H3. The molecule has 86 valence electrons. The molecule has 0 fully saturated rings. The van der Waals surface area contributed by atoms with Crippen LogP contribution < -0.4 is 0 Å². The molecule has 3 atom stereocenters. The molecule has 0 nitrogen and oxygen atoms in total. The second kappa shape index (κ2) is 8.06. The van der Waals surface area contributed by atoms with E-state index in [0.717, 1.165) is 5.92 Å².